The second-order valence-corrected chi connectivity index (χ2v) is 3.06. The van der Waals surface area contributed by atoms with Gasteiger partial charge in [-0.2, -0.15) is 0 Å². The van der Waals surface area contributed by atoms with E-state index in [2.05, 4.69) is 13.2 Å². The lowest BCUT2D eigenvalue weighted by Gasteiger charge is -2.20. The molecule has 3 nitrogen and oxygen atoms in total. The number of carbonyl (C=O) groups is 1. The summed E-state index contributed by atoms with van der Waals surface area (Å²) in [6.07, 6.45) is 3.57. The van der Waals surface area contributed by atoms with E-state index >= 15 is 0 Å². The van der Waals surface area contributed by atoms with Crippen molar-refractivity contribution in [1.29, 1.82) is 0 Å². The standard InChI is InChI=1S/C10H18N2O/c1-5-7-12(8-6-2)9-10(13)11(3)4/h5-6H,1-2,7-9H2,3-4H3. The third-order valence-electron chi connectivity index (χ3n) is 1.63. The summed E-state index contributed by atoms with van der Waals surface area (Å²) in [5.74, 6) is 0.101. The number of rotatable bonds is 6. The Balaban J connectivity index is 3.99. The van der Waals surface area contributed by atoms with Crippen LogP contribution in [0.25, 0.3) is 0 Å². The molecule has 0 aliphatic rings. The zero-order valence-corrected chi connectivity index (χ0v) is 8.49. The molecule has 0 aromatic rings. The van der Waals surface area contributed by atoms with Gasteiger partial charge in [0, 0.05) is 27.2 Å². The monoisotopic (exact) mass is 182 g/mol. The molecule has 0 aromatic heterocycles. The molecule has 0 saturated carbocycles. The van der Waals surface area contributed by atoms with Gasteiger partial charge in [-0.25, -0.2) is 0 Å². The first-order chi connectivity index (χ1) is 6.11. The number of likely N-dealkylation sites (N-methyl/N-ethyl adjacent to an activating group) is 1. The Morgan fingerprint density at radius 3 is 2.00 bits per heavy atom. The summed E-state index contributed by atoms with van der Waals surface area (Å²) in [4.78, 5) is 14.9. The maximum absolute atomic E-state index is 11.3. The Labute approximate surface area is 80.3 Å². The molecule has 0 unspecified atom stereocenters. The number of nitrogens with zero attached hydrogens (tertiary/aromatic N) is 2. The summed E-state index contributed by atoms with van der Waals surface area (Å²) in [6.45, 7) is 9.12. The third kappa shape index (κ3) is 5.20. The minimum Gasteiger partial charge on any atom is -0.348 e. The summed E-state index contributed by atoms with van der Waals surface area (Å²) >= 11 is 0. The van der Waals surface area contributed by atoms with Gasteiger partial charge in [0.25, 0.3) is 0 Å². The Kier molecular flexibility index (Phi) is 5.89. The van der Waals surface area contributed by atoms with Crippen LogP contribution in [0, 0.1) is 0 Å². The summed E-state index contributed by atoms with van der Waals surface area (Å²) in [5.41, 5.74) is 0. The molecule has 0 atom stereocenters. The first-order valence-corrected chi connectivity index (χ1v) is 4.26. The van der Waals surface area contributed by atoms with Gasteiger partial charge in [0.15, 0.2) is 0 Å². The molecule has 0 spiro atoms. The largest absolute Gasteiger partial charge is 0.348 e. The smallest absolute Gasteiger partial charge is 0.236 e. The van der Waals surface area contributed by atoms with Crippen LogP contribution in [0.2, 0.25) is 0 Å². The van der Waals surface area contributed by atoms with Crippen molar-refractivity contribution in [3.05, 3.63) is 25.3 Å². The van der Waals surface area contributed by atoms with Crippen LogP contribution in [-0.2, 0) is 4.79 Å². The SMILES string of the molecule is C=CCN(CC=C)CC(=O)N(C)C. The van der Waals surface area contributed by atoms with Crippen molar-refractivity contribution in [1.82, 2.24) is 9.80 Å². The second-order valence-electron chi connectivity index (χ2n) is 3.06. The molecule has 0 fully saturated rings. The van der Waals surface area contributed by atoms with Crippen LogP contribution < -0.4 is 0 Å². The normalized spacial score (nSPS) is 9.77. The van der Waals surface area contributed by atoms with E-state index in [1.165, 1.54) is 0 Å². The fraction of sp³-hybridized carbons (Fsp3) is 0.500. The molecule has 0 rings (SSSR count). The van der Waals surface area contributed by atoms with Gasteiger partial charge < -0.3 is 4.90 Å². The molecule has 0 radical (unpaired) electrons. The first kappa shape index (κ1) is 11.9. The van der Waals surface area contributed by atoms with Crippen LogP contribution >= 0.6 is 0 Å². The summed E-state index contributed by atoms with van der Waals surface area (Å²) < 4.78 is 0. The van der Waals surface area contributed by atoms with Crippen LogP contribution in [0.5, 0.6) is 0 Å². The Bertz CT molecular complexity index is 177. The predicted molar refractivity (Wildman–Crippen MR) is 55.5 cm³/mol. The van der Waals surface area contributed by atoms with Crippen LogP contribution in [0.1, 0.15) is 0 Å². The molecular formula is C10H18N2O. The van der Waals surface area contributed by atoms with Crippen molar-refractivity contribution >= 4 is 5.91 Å². The van der Waals surface area contributed by atoms with Gasteiger partial charge in [-0.15, -0.1) is 13.2 Å². The fourth-order valence-electron chi connectivity index (χ4n) is 0.901. The van der Waals surface area contributed by atoms with E-state index in [1.807, 2.05) is 4.90 Å². The first-order valence-electron chi connectivity index (χ1n) is 4.26. The minimum atomic E-state index is 0.101. The molecular weight excluding hydrogens is 164 g/mol. The fourth-order valence-corrected chi connectivity index (χ4v) is 0.901. The van der Waals surface area contributed by atoms with E-state index < -0.39 is 0 Å². The van der Waals surface area contributed by atoms with E-state index in [-0.39, 0.29) is 5.91 Å². The maximum Gasteiger partial charge on any atom is 0.236 e. The quantitative estimate of drug-likeness (QED) is 0.566. The molecule has 0 saturated heterocycles. The van der Waals surface area contributed by atoms with Crippen molar-refractivity contribution in [2.75, 3.05) is 33.7 Å². The Morgan fingerprint density at radius 2 is 1.69 bits per heavy atom. The van der Waals surface area contributed by atoms with Crippen molar-refractivity contribution in [2.45, 2.75) is 0 Å². The van der Waals surface area contributed by atoms with Gasteiger partial charge in [-0.3, -0.25) is 9.69 Å². The molecule has 13 heavy (non-hydrogen) atoms. The van der Waals surface area contributed by atoms with Crippen molar-refractivity contribution in [3.63, 3.8) is 0 Å². The van der Waals surface area contributed by atoms with Crippen LogP contribution in [0.4, 0.5) is 0 Å². The highest BCUT2D eigenvalue weighted by molar-refractivity contribution is 5.77. The summed E-state index contributed by atoms with van der Waals surface area (Å²) in [6, 6.07) is 0. The minimum absolute atomic E-state index is 0.101. The van der Waals surface area contributed by atoms with Crippen molar-refractivity contribution in [2.24, 2.45) is 0 Å². The zero-order valence-electron chi connectivity index (χ0n) is 8.49. The lowest BCUT2D eigenvalue weighted by molar-refractivity contribution is -0.129. The lowest BCUT2D eigenvalue weighted by Crippen LogP contribution is -2.36. The van der Waals surface area contributed by atoms with E-state index in [9.17, 15) is 4.79 Å². The third-order valence-corrected chi connectivity index (χ3v) is 1.63. The molecule has 1 amide bonds. The summed E-state index contributed by atoms with van der Waals surface area (Å²) in [5, 5.41) is 0. The van der Waals surface area contributed by atoms with Gasteiger partial charge >= 0.3 is 0 Å². The van der Waals surface area contributed by atoms with E-state index in [1.54, 1.807) is 31.1 Å². The van der Waals surface area contributed by atoms with Crippen LogP contribution in [0.15, 0.2) is 25.3 Å². The van der Waals surface area contributed by atoms with Crippen molar-refractivity contribution < 1.29 is 4.79 Å². The van der Waals surface area contributed by atoms with Crippen LogP contribution in [-0.4, -0.2) is 49.4 Å². The molecule has 3 heteroatoms. The van der Waals surface area contributed by atoms with Gasteiger partial charge in [0.05, 0.1) is 6.54 Å². The van der Waals surface area contributed by atoms with E-state index in [0.717, 1.165) is 0 Å². The average molecular weight is 182 g/mol. The van der Waals surface area contributed by atoms with E-state index in [4.69, 9.17) is 0 Å². The molecule has 0 aliphatic heterocycles. The summed E-state index contributed by atoms with van der Waals surface area (Å²) in [7, 11) is 3.50. The predicted octanol–water partition coefficient (Wildman–Crippen LogP) is 0.749. The number of hydrogen-bond donors (Lipinski definition) is 0. The van der Waals surface area contributed by atoms with Gasteiger partial charge in [0.2, 0.25) is 5.91 Å². The van der Waals surface area contributed by atoms with Gasteiger partial charge in [0.1, 0.15) is 0 Å². The van der Waals surface area contributed by atoms with Crippen molar-refractivity contribution in [3.8, 4) is 0 Å². The highest BCUT2D eigenvalue weighted by Crippen LogP contribution is 1.91. The zero-order chi connectivity index (χ0) is 10.3. The Hall–Kier alpha value is -1.09. The van der Waals surface area contributed by atoms with Gasteiger partial charge in [-0.1, -0.05) is 12.2 Å². The molecule has 0 aliphatic carbocycles. The van der Waals surface area contributed by atoms with Gasteiger partial charge in [-0.05, 0) is 0 Å². The average Bonchev–Trinajstić information content (AvgIpc) is 2.05. The molecule has 0 aromatic carbocycles. The Morgan fingerprint density at radius 1 is 1.23 bits per heavy atom. The highest BCUT2D eigenvalue weighted by Gasteiger charge is 2.08. The molecule has 0 heterocycles. The number of amides is 1. The highest BCUT2D eigenvalue weighted by atomic mass is 16.2. The van der Waals surface area contributed by atoms with E-state index in [0.29, 0.717) is 19.6 Å². The number of carbonyl (C=O) groups excluding carboxylic acids is 1. The molecule has 74 valence electrons. The number of hydrogen-bond acceptors (Lipinski definition) is 2. The maximum atomic E-state index is 11.3. The second kappa shape index (κ2) is 6.43. The topological polar surface area (TPSA) is 23.6 Å². The van der Waals surface area contributed by atoms with Crippen LogP contribution in [0.3, 0.4) is 0 Å². The molecule has 0 bridgehead atoms. The lowest BCUT2D eigenvalue weighted by atomic mass is 10.4. The molecule has 0 N–H and O–H groups in total.